The van der Waals surface area contributed by atoms with Gasteiger partial charge >= 0.3 is 0 Å². The van der Waals surface area contributed by atoms with E-state index in [0.717, 1.165) is 17.8 Å². The Balaban J connectivity index is 2.13. The minimum absolute atomic E-state index is 0.0763. The average molecular weight is 203 g/mol. The number of rotatable bonds is 1. The molecular weight excluding hydrogens is 190 g/mol. The van der Waals surface area contributed by atoms with Crippen LogP contribution in [0.25, 0.3) is 0 Å². The Kier molecular flexibility index (Phi) is 1.73. The molecule has 1 aromatic carbocycles. The normalized spacial score (nSPS) is 22.6. The molecule has 78 valence electrons. The quantitative estimate of drug-likeness (QED) is 0.700. The number of carbonyl (C=O) groups excluding carboxylic acids is 1. The summed E-state index contributed by atoms with van der Waals surface area (Å²) in [4.78, 5) is 13.8. The summed E-state index contributed by atoms with van der Waals surface area (Å²) in [7, 11) is 1.83. The molecule has 0 radical (unpaired) electrons. The molecule has 0 bridgehead atoms. The van der Waals surface area contributed by atoms with Crippen molar-refractivity contribution >= 4 is 17.3 Å². The van der Waals surface area contributed by atoms with E-state index >= 15 is 0 Å². The van der Waals surface area contributed by atoms with E-state index in [0.29, 0.717) is 6.67 Å². The lowest BCUT2D eigenvalue weighted by molar-refractivity contribution is -0.120. The molecule has 15 heavy (non-hydrogen) atoms. The number of anilines is 2. The van der Waals surface area contributed by atoms with E-state index < -0.39 is 0 Å². The van der Waals surface area contributed by atoms with Crippen LogP contribution in [0, 0.1) is 0 Å². The number of likely N-dealkylation sites (N-methyl/N-ethyl adjacent to an activating group) is 1. The zero-order valence-electron chi connectivity index (χ0n) is 8.58. The van der Waals surface area contributed by atoms with Gasteiger partial charge in [-0.15, -0.1) is 0 Å². The third kappa shape index (κ3) is 1.08. The van der Waals surface area contributed by atoms with E-state index in [1.54, 1.807) is 0 Å². The molecule has 0 spiro atoms. The van der Waals surface area contributed by atoms with Gasteiger partial charge in [0.15, 0.2) is 0 Å². The molecule has 0 fully saturated rings. The van der Waals surface area contributed by atoms with Gasteiger partial charge in [-0.05, 0) is 25.1 Å². The van der Waals surface area contributed by atoms with E-state index in [2.05, 4.69) is 16.7 Å². The van der Waals surface area contributed by atoms with Gasteiger partial charge in [0.05, 0.1) is 24.1 Å². The number of carbonyl (C=O) groups is 1. The van der Waals surface area contributed by atoms with Crippen molar-refractivity contribution in [2.45, 2.75) is 12.5 Å². The summed E-state index contributed by atoms with van der Waals surface area (Å²) >= 11 is 0. The summed E-state index contributed by atoms with van der Waals surface area (Å²) in [5, 5.41) is 6.30. The van der Waals surface area contributed by atoms with Crippen molar-refractivity contribution in [2.75, 3.05) is 23.9 Å². The van der Waals surface area contributed by atoms with Crippen LogP contribution in [0.4, 0.5) is 11.4 Å². The first kappa shape index (κ1) is 8.73. The minimum atomic E-state index is -0.0763. The molecule has 2 N–H and O–H groups in total. The highest BCUT2D eigenvalue weighted by atomic mass is 16.2. The van der Waals surface area contributed by atoms with E-state index in [1.165, 1.54) is 5.56 Å². The molecule has 1 atom stereocenters. The van der Waals surface area contributed by atoms with E-state index in [9.17, 15) is 4.79 Å². The van der Waals surface area contributed by atoms with Crippen molar-refractivity contribution in [1.29, 1.82) is 0 Å². The van der Waals surface area contributed by atoms with Gasteiger partial charge in [0.2, 0.25) is 5.91 Å². The molecule has 4 heteroatoms. The summed E-state index contributed by atoms with van der Waals surface area (Å²) in [5.41, 5.74) is 3.40. The molecule has 3 rings (SSSR count). The smallest absolute Gasteiger partial charge is 0.246 e. The zero-order valence-corrected chi connectivity index (χ0v) is 8.58. The number of nitrogens with one attached hydrogen (secondary N) is 2. The van der Waals surface area contributed by atoms with Gasteiger partial charge in [0.1, 0.15) is 0 Å². The van der Waals surface area contributed by atoms with Gasteiger partial charge in [0.25, 0.3) is 0 Å². The van der Waals surface area contributed by atoms with E-state index in [-0.39, 0.29) is 11.9 Å². The molecule has 0 aliphatic carbocycles. The second kappa shape index (κ2) is 2.97. The average Bonchev–Trinajstić information content (AvgIpc) is 2.69. The SMILES string of the molecule is CN[C@@H]1Cc2cccc3c2N(CN3)C1=O. The topological polar surface area (TPSA) is 44.4 Å². The van der Waals surface area contributed by atoms with Crippen LogP contribution in [0.5, 0.6) is 0 Å². The monoisotopic (exact) mass is 203 g/mol. The van der Waals surface area contributed by atoms with Crippen LogP contribution >= 0.6 is 0 Å². The molecular formula is C11H13N3O. The Hall–Kier alpha value is -1.55. The first-order valence-corrected chi connectivity index (χ1v) is 5.15. The van der Waals surface area contributed by atoms with Crippen molar-refractivity contribution in [1.82, 2.24) is 5.32 Å². The predicted molar refractivity (Wildman–Crippen MR) is 59.0 cm³/mol. The second-order valence-corrected chi connectivity index (χ2v) is 3.96. The number of para-hydroxylation sites is 1. The third-order valence-corrected chi connectivity index (χ3v) is 3.15. The maximum absolute atomic E-state index is 12.0. The Morgan fingerprint density at radius 1 is 1.53 bits per heavy atom. The second-order valence-electron chi connectivity index (χ2n) is 3.96. The zero-order chi connectivity index (χ0) is 10.4. The van der Waals surface area contributed by atoms with Gasteiger partial charge in [-0.1, -0.05) is 12.1 Å². The fourth-order valence-electron chi connectivity index (χ4n) is 2.37. The number of hydrogen-bond donors (Lipinski definition) is 2. The first-order valence-electron chi connectivity index (χ1n) is 5.15. The van der Waals surface area contributed by atoms with E-state index in [1.807, 2.05) is 24.1 Å². The lowest BCUT2D eigenvalue weighted by Crippen LogP contribution is -2.49. The molecule has 0 aromatic heterocycles. The highest BCUT2D eigenvalue weighted by molar-refractivity contribution is 6.05. The predicted octanol–water partition coefficient (Wildman–Crippen LogP) is 0.547. The number of nitrogens with zero attached hydrogens (tertiary/aromatic N) is 1. The van der Waals surface area contributed by atoms with Crippen molar-refractivity contribution in [2.24, 2.45) is 0 Å². The molecule has 1 aromatic rings. The number of benzene rings is 1. The summed E-state index contributed by atoms with van der Waals surface area (Å²) in [6, 6.07) is 6.07. The van der Waals surface area contributed by atoms with Crippen LogP contribution in [0.3, 0.4) is 0 Å². The van der Waals surface area contributed by atoms with Gasteiger partial charge in [-0.2, -0.15) is 0 Å². The summed E-state index contributed by atoms with van der Waals surface area (Å²) in [6.07, 6.45) is 0.788. The van der Waals surface area contributed by atoms with Crippen LogP contribution < -0.4 is 15.5 Å². The molecule has 2 aliphatic rings. The largest absolute Gasteiger partial charge is 0.366 e. The Morgan fingerprint density at radius 3 is 3.20 bits per heavy atom. The van der Waals surface area contributed by atoms with Crippen molar-refractivity contribution in [3.8, 4) is 0 Å². The van der Waals surface area contributed by atoms with Gasteiger partial charge < -0.3 is 10.6 Å². The fraction of sp³-hybridized carbons (Fsp3) is 0.364. The lowest BCUT2D eigenvalue weighted by Gasteiger charge is -2.29. The fourth-order valence-corrected chi connectivity index (χ4v) is 2.37. The van der Waals surface area contributed by atoms with E-state index in [4.69, 9.17) is 0 Å². The first-order chi connectivity index (χ1) is 7.31. The van der Waals surface area contributed by atoms with Crippen LogP contribution in [-0.2, 0) is 11.2 Å². The maximum atomic E-state index is 12.0. The van der Waals surface area contributed by atoms with Crippen LogP contribution in [0.15, 0.2) is 18.2 Å². The highest BCUT2D eigenvalue weighted by Crippen LogP contribution is 2.38. The highest BCUT2D eigenvalue weighted by Gasteiger charge is 2.36. The summed E-state index contributed by atoms with van der Waals surface area (Å²) in [5.74, 6) is 0.169. The van der Waals surface area contributed by atoms with Gasteiger partial charge in [-0.25, -0.2) is 0 Å². The maximum Gasteiger partial charge on any atom is 0.246 e. The Labute approximate surface area is 88.3 Å². The molecule has 0 unspecified atom stereocenters. The van der Waals surface area contributed by atoms with Crippen molar-refractivity contribution in [3.63, 3.8) is 0 Å². The Bertz CT molecular complexity index is 430. The van der Waals surface area contributed by atoms with Crippen LogP contribution in [0.2, 0.25) is 0 Å². The molecule has 1 amide bonds. The third-order valence-electron chi connectivity index (χ3n) is 3.15. The van der Waals surface area contributed by atoms with Crippen molar-refractivity contribution < 1.29 is 4.79 Å². The lowest BCUT2D eigenvalue weighted by atomic mass is 9.97. The minimum Gasteiger partial charge on any atom is -0.366 e. The summed E-state index contributed by atoms with van der Waals surface area (Å²) < 4.78 is 0. The van der Waals surface area contributed by atoms with Crippen LogP contribution in [-0.4, -0.2) is 25.7 Å². The molecule has 4 nitrogen and oxygen atoms in total. The Morgan fingerprint density at radius 2 is 2.40 bits per heavy atom. The molecule has 2 heterocycles. The number of hydrogen-bond acceptors (Lipinski definition) is 3. The molecule has 0 saturated heterocycles. The van der Waals surface area contributed by atoms with Crippen molar-refractivity contribution in [3.05, 3.63) is 23.8 Å². The molecule has 0 saturated carbocycles. The molecule has 2 aliphatic heterocycles. The van der Waals surface area contributed by atoms with Gasteiger partial charge in [0, 0.05) is 0 Å². The van der Waals surface area contributed by atoms with Crippen LogP contribution in [0.1, 0.15) is 5.56 Å². The number of amides is 1. The standard InChI is InChI=1S/C11H13N3O/c1-12-9-5-7-3-2-4-8-10(7)14(6-13-8)11(9)15/h2-4,9,12-13H,5-6H2,1H3/t9-/m1/s1. The summed E-state index contributed by atoms with van der Waals surface area (Å²) in [6.45, 7) is 0.601. The van der Waals surface area contributed by atoms with Gasteiger partial charge in [-0.3, -0.25) is 9.69 Å².